The van der Waals surface area contributed by atoms with E-state index in [-0.39, 0.29) is 0 Å². The van der Waals surface area contributed by atoms with E-state index >= 15 is 0 Å². The molecular formula is C13H12N4O. The summed E-state index contributed by atoms with van der Waals surface area (Å²) >= 11 is 0. The van der Waals surface area contributed by atoms with Crippen molar-refractivity contribution in [1.29, 1.82) is 0 Å². The van der Waals surface area contributed by atoms with Crippen molar-refractivity contribution >= 4 is 16.7 Å². The van der Waals surface area contributed by atoms with Crippen LogP contribution in [0.5, 0.6) is 5.88 Å². The minimum Gasteiger partial charge on any atom is -0.481 e. The number of benzene rings is 1. The van der Waals surface area contributed by atoms with Gasteiger partial charge in [-0.05, 0) is 24.3 Å². The van der Waals surface area contributed by atoms with Gasteiger partial charge in [0.2, 0.25) is 5.88 Å². The first-order chi connectivity index (χ1) is 8.76. The molecule has 3 N–H and O–H groups in total. The Kier molecular flexibility index (Phi) is 2.37. The van der Waals surface area contributed by atoms with Gasteiger partial charge in [-0.3, -0.25) is 0 Å². The Morgan fingerprint density at radius 3 is 2.83 bits per heavy atom. The van der Waals surface area contributed by atoms with Crippen LogP contribution < -0.4 is 10.5 Å². The fraction of sp³-hybridized carbons (Fsp3) is 0.0769. The minimum absolute atomic E-state index is 0.583. The lowest BCUT2D eigenvalue weighted by Crippen LogP contribution is -1.87. The third-order valence-electron chi connectivity index (χ3n) is 2.73. The van der Waals surface area contributed by atoms with E-state index in [0.717, 1.165) is 22.4 Å². The van der Waals surface area contributed by atoms with E-state index in [1.807, 2.05) is 24.3 Å². The van der Waals surface area contributed by atoms with Crippen molar-refractivity contribution in [3.8, 4) is 17.3 Å². The molecule has 0 amide bonds. The van der Waals surface area contributed by atoms with Gasteiger partial charge in [0.05, 0.1) is 18.1 Å². The highest BCUT2D eigenvalue weighted by Crippen LogP contribution is 2.22. The maximum absolute atomic E-state index is 5.73. The molecule has 0 aliphatic carbocycles. The number of aromatic nitrogens is 3. The van der Waals surface area contributed by atoms with Gasteiger partial charge < -0.3 is 15.5 Å². The van der Waals surface area contributed by atoms with Gasteiger partial charge in [-0.25, -0.2) is 9.97 Å². The van der Waals surface area contributed by atoms with E-state index in [0.29, 0.717) is 11.6 Å². The van der Waals surface area contributed by atoms with Gasteiger partial charge in [-0.15, -0.1) is 0 Å². The number of H-pyrrole nitrogens is 1. The lowest BCUT2D eigenvalue weighted by molar-refractivity contribution is 0.398. The van der Waals surface area contributed by atoms with E-state index in [1.54, 1.807) is 19.4 Å². The second-order valence-corrected chi connectivity index (χ2v) is 3.95. The van der Waals surface area contributed by atoms with Crippen LogP contribution in [0.1, 0.15) is 0 Å². The average molecular weight is 240 g/mol. The number of nitrogens with two attached hydrogens (primary N) is 1. The third kappa shape index (κ3) is 1.75. The van der Waals surface area contributed by atoms with E-state index in [2.05, 4.69) is 15.0 Å². The number of anilines is 1. The molecule has 2 aromatic heterocycles. The van der Waals surface area contributed by atoms with Crippen LogP contribution in [0.15, 0.2) is 36.5 Å². The largest absolute Gasteiger partial charge is 0.481 e. The summed E-state index contributed by atoms with van der Waals surface area (Å²) in [5.74, 6) is 1.35. The molecule has 2 heterocycles. The topological polar surface area (TPSA) is 76.8 Å². The number of nitrogens with zero attached hydrogens (tertiary/aromatic N) is 2. The Morgan fingerprint density at radius 2 is 2.11 bits per heavy atom. The van der Waals surface area contributed by atoms with Crippen LogP contribution >= 0.6 is 0 Å². The zero-order chi connectivity index (χ0) is 12.5. The Balaban J connectivity index is 2.07. The monoisotopic (exact) mass is 240 g/mol. The van der Waals surface area contributed by atoms with Crippen molar-refractivity contribution in [2.75, 3.05) is 12.8 Å². The van der Waals surface area contributed by atoms with Gasteiger partial charge in [0.1, 0.15) is 5.82 Å². The molecule has 0 unspecified atom stereocenters. The number of imidazole rings is 1. The molecule has 0 spiro atoms. The van der Waals surface area contributed by atoms with Gasteiger partial charge in [0, 0.05) is 23.5 Å². The summed E-state index contributed by atoms with van der Waals surface area (Å²) in [6.45, 7) is 0. The lowest BCUT2D eigenvalue weighted by Gasteiger charge is -1.98. The number of aromatic amines is 1. The van der Waals surface area contributed by atoms with Crippen LogP contribution in [0.3, 0.4) is 0 Å². The summed E-state index contributed by atoms with van der Waals surface area (Å²) < 4.78 is 5.02. The van der Waals surface area contributed by atoms with Crippen molar-refractivity contribution < 1.29 is 4.74 Å². The van der Waals surface area contributed by atoms with E-state index in [9.17, 15) is 0 Å². The first-order valence-electron chi connectivity index (χ1n) is 5.52. The minimum atomic E-state index is 0.583. The highest BCUT2D eigenvalue weighted by molar-refractivity contribution is 5.82. The molecule has 0 atom stereocenters. The molecule has 0 aliphatic heterocycles. The fourth-order valence-corrected chi connectivity index (χ4v) is 1.80. The summed E-state index contributed by atoms with van der Waals surface area (Å²) in [5.41, 5.74) is 9.14. The van der Waals surface area contributed by atoms with Crippen LogP contribution in [0, 0.1) is 0 Å². The molecule has 3 rings (SSSR count). The highest BCUT2D eigenvalue weighted by atomic mass is 16.5. The van der Waals surface area contributed by atoms with Crippen molar-refractivity contribution in [2.45, 2.75) is 0 Å². The second kappa shape index (κ2) is 4.03. The van der Waals surface area contributed by atoms with Crippen LogP contribution in [0.4, 0.5) is 5.69 Å². The molecule has 5 heteroatoms. The molecule has 0 bridgehead atoms. The molecule has 1 aromatic carbocycles. The zero-order valence-corrected chi connectivity index (χ0v) is 9.84. The van der Waals surface area contributed by atoms with Gasteiger partial charge in [-0.2, -0.15) is 0 Å². The van der Waals surface area contributed by atoms with Crippen LogP contribution in [-0.4, -0.2) is 22.1 Å². The average Bonchev–Trinajstić information content (AvgIpc) is 2.81. The molecule has 0 aliphatic rings. The number of nitrogen functional groups attached to an aromatic ring is 1. The first-order valence-corrected chi connectivity index (χ1v) is 5.52. The van der Waals surface area contributed by atoms with Crippen LogP contribution in [-0.2, 0) is 0 Å². The normalized spacial score (nSPS) is 10.7. The number of pyridine rings is 1. The van der Waals surface area contributed by atoms with E-state index in [4.69, 9.17) is 10.5 Å². The Labute approximate surface area is 104 Å². The summed E-state index contributed by atoms with van der Waals surface area (Å²) in [5, 5.41) is 0. The zero-order valence-electron chi connectivity index (χ0n) is 9.84. The van der Waals surface area contributed by atoms with Gasteiger partial charge in [-0.1, -0.05) is 0 Å². The number of fused-ring (bicyclic) bond motifs is 1. The number of rotatable bonds is 2. The van der Waals surface area contributed by atoms with Crippen molar-refractivity contribution in [2.24, 2.45) is 0 Å². The van der Waals surface area contributed by atoms with Crippen LogP contribution in [0.25, 0.3) is 22.4 Å². The quantitative estimate of drug-likeness (QED) is 0.673. The molecule has 5 nitrogen and oxygen atoms in total. The lowest BCUT2D eigenvalue weighted by atomic mass is 10.3. The highest BCUT2D eigenvalue weighted by Gasteiger charge is 2.06. The van der Waals surface area contributed by atoms with Crippen molar-refractivity contribution in [3.05, 3.63) is 36.5 Å². The SMILES string of the molecule is COc1ccc(-c2nc3cc(N)ccc3[nH]2)cn1. The van der Waals surface area contributed by atoms with E-state index in [1.165, 1.54) is 0 Å². The van der Waals surface area contributed by atoms with Crippen molar-refractivity contribution in [3.63, 3.8) is 0 Å². The van der Waals surface area contributed by atoms with Gasteiger partial charge in [0.25, 0.3) is 0 Å². The predicted molar refractivity (Wildman–Crippen MR) is 70.3 cm³/mol. The summed E-state index contributed by atoms with van der Waals surface area (Å²) in [7, 11) is 1.59. The standard InChI is InChI=1S/C13H12N4O/c1-18-12-5-2-8(7-15-12)13-16-10-4-3-9(14)6-11(10)17-13/h2-7H,14H2,1H3,(H,16,17). The maximum atomic E-state index is 5.73. The molecule has 18 heavy (non-hydrogen) atoms. The summed E-state index contributed by atoms with van der Waals surface area (Å²) in [6, 6.07) is 9.31. The Hall–Kier alpha value is -2.56. The molecule has 0 saturated heterocycles. The predicted octanol–water partition coefficient (Wildman–Crippen LogP) is 2.22. The van der Waals surface area contributed by atoms with Crippen LogP contribution in [0.2, 0.25) is 0 Å². The van der Waals surface area contributed by atoms with Gasteiger partial charge in [0.15, 0.2) is 0 Å². The molecule has 3 aromatic rings. The fourth-order valence-electron chi connectivity index (χ4n) is 1.80. The molecule has 0 fully saturated rings. The maximum Gasteiger partial charge on any atom is 0.212 e. The Bertz CT molecular complexity index is 688. The summed E-state index contributed by atoms with van der Waals surface area (Å²) in [4.78, 5) is 11.9. The molecular weight excluding hydrogens is 228 g/mol. The number of ether oxygens (including phenoxy) is 1. The molecule has 0 radical (unpaired) electrons. The smallest absolute Gasteiger partial charge is 0.212 e. The number of hydrogen-bond acceptors (Lipinski definition) is 4. The third-order valence-corrected chi connectivity index (χ3v) is 2.73. The first kappa shape index (κ1) is 10.6. The number of hydrogen-bond donors (Lipinski definition) is 2. The van der Waals surface area contributed by atoms with Crippen molar-refractivity contribution in [1.82, 2.24) is 15.0 Å². The number of nitrogens with one attached hydrogen (secondary N) is 1. The second-order valence-electron chi connectivity index (χ2n) is 3.95. The van der Waals surface area contributed by atoms with E-state index < -0.39 is 0 Å². The van der Waals surface area contributed by atoms with Gasteiger partial charge >= 0.3 is 0 Å². The Morgan fingerprint density at radius 1 is 1.22 bits per heavy atom. The molecule has 0 saturated carbocycles. The molecule has 90 valence electrons. The number of methoxy groups -OCH3 is 1. The summed E-state index contributed by atoms with van der Waals surface area (Å²) in [6.07, 6.45) is 1.72.